The summed E-state index contributed by atoms with van der Waals surface area (Å²) < 4.78 is 6.72. The van der Waals surface area contributed by atoms with E-state index in [2.05, 4.69) is 4.98 Å². The number of carbonyl (C=O) groups is 1. The van der Waals surface area contributed by atoms with Crippen molar-refractivity contribution in [1.82, 2.24) is 9.55 Å². The molecule has 0 unspecified atom stereocenters. The van der Waals surface area contributed by atoms with Crippen LogP contribution in [-0.4, -0.2) is 15.5 Å². The number of carbonyl (C=O) groups excluding carboxylic acids is 1. The molecule has 0 amide bonds. The summed E-state index contributed by atoms with van der Waals surface area (Å²) in [6, 6.07) is 14.9. The van der Waals surface area contributed by atoms with Crippen molar-refractivity contribution in [2.45, 2.75) is 6.54 Å². The summed E-state index contributed by atoms with van der Waals surface area (Å²) in [5.74, 6) is -0.0273. The average molecular weight is 336 g/mol. The first kappa shape index (κ1) is 14.6. The minimum Gasteiger partial charge on any atom is -0.425 e. The van der Waals surface area contributed by atoms with Gasteiger partial charge in [-0.05, 0) is 22.9 Å². The maximum Gasteiger partial charge on any atom is 0.331 e. The average Bonchev–Trinajstić information content (AvgIpc) is 3.07. The van der Waals surface area contributed by atoms with Crippen molar-refractivity contribution < 1.29 is 9.53 Å². The Kier molecular flexibility index (Phi) is 3.59. The number of fused-ring (bicyclic) bond motifs is 2. The first-order chi connectivity index (χ1) is 11.7. The molecule has 0 saturated heterocycles. The Bertz CT molecular complexity index is 1110. The molecule has 0 aliphatic carbocycles. The molecule has 4 aromatic rings. The van der Waals surface area contributed by atoms with Crippen LogP contribution < -0.4 is 10.3 Å². The number of hydrogen-bond acceptors (Lipinski definition) is 5. The molecule has 0 radical (unpaired) electrons. The Hall–Kier alpha value is -2.99. The van der Waals surface area contributed by atoms with Crippen LogP contribution in [0.3, 0.4) is 0 Å². The van der Waals surface area contributed by atoms with Crippen molar-refractivity contribution in [2.75, 3.05) is 0 Å². The smallest absolute Gasteiger partial charge is 0.331 e. The van der Waals surface area contributed by atoms with Crippen LogP contribution in [0, 0.1) is 0 Å². The lowest BCUT2D eigenvalue weighted by Gasteiger charge is -2.08. The van der Waals surface area contributed by atoms with Gasteiger partial charge in [0.05, 0.1) is 11.7 Å². The molecule has 2 heterocycles. The van der Waals surface area contributed by atoms with E-state index in [4.69, 9.17) is 4.74 Å². The molecule has 0 aliphatic rings. The fourth-order valence-electron chi connectivity index (χ4n) is 2.58. The zero-order valence-corrected chi connectivity index (χ0v) is 13.3. The number of benzene rings is 2. The van der Waals surface area contributed by atoms with Gasteiger partial charge < -0.3 is 4.74 Å². The fourth-order valence-corrected chi connectivity index (χ4v) is 3.31. The van der Waals surface area contributed by atoms with Crippen molar-refractivity contribution in [3.05, 3.63) is 70.6 Å². The van der Waals surface area contributed by atoms with E-state index in [1.165, 1.54) is 22.2 Å². The Morgan fingerprint density at radius 1 is 1.08 bits per heavy atom. The lowest BCUT2D eigenvalue weighted by molar-refractivity contribution is -0.135. The monoisotopic (exact) mass is 336 g/mol. The van der Waals surface area contributed by atoms with Gasteiger partial charge in [-0.15, -0.1) is 11.3 Å². The van der Waals surface area contributed by atoms with E-state index in [0.29, 0.717) is 16.0 Å². The molecule has 0 aliphatic heterocycles. The van der Waals surface area contributed by atoms with Crippen LogP contribution in [0.25, 0.3) is 21.0 Å². The predicted molar refractivity (Wildman–Crippen MR) is 93.5 cm³/mol. The van der Waals surface area contributed by atoms with Gasteiger partial charge in [0.1, 0.15) is 17.1 Å². The molecule has 4 rings (SSSR count). The number of aromatic nitrogens is 2. The lowest BCUT2D eigenvalue weighted by Crippen LogP contribution is -2.26. The van der Waals surface area contributed by atoms with E-state index in [1.807, 2.05) is 36.4 Å². The SMILES string of the molecule is O=C(Cn1cnc2sccc2c1=O)Oc1cccc2ccccc12. The van der Waals surface area contributed by atoms with Gasteiger partial charge in [0.15, 0.2) is 0 Å². The Morgan fingerprint density at radius 3 is 2.83 bits per heavy atom. The normalized spacial score (nSPS) is 11.0. The summed E-state index contributed by atoms with van der Waals surface area (Å²) in [4.78, 5) is 29.4. The summed E-state index contributed by atoms with van der Waals surface area (Å²) in [5.41, 5.74) is -0.240. The third-order valence-corrected chi connectivity index (χ3v) is 4.54. The van der Waals surface area contributed by atoms with Crippen LogP contribution in [0.2, 0.25) is 0 Å². The molecule has 2 aromatic carbocycles. The number of ether oxygens (including phenoxy) is 1. The zero-order chi connectivity index (χ0) is 16.5. The van der Waals surface area contributed by atoms with Gasteiger partial charge >= 0.3 is 5.97 Å². The topological polar surface area (TPSA) is 61.2 Å². The highest BCUT2D eigenvalue weighted by Crippen LogP contribution is 2.25. The molecule has 5 nitrogen and oxygen atoms in total. The summed E-state index contributed by atoms with van der Waals surface area (Å²) in [5, 5.41) is 4.16. The molecule has 0 spiro atoms. The van der Waals surface area contributed by atoms with E-state index in [0.717, 1.165) is 10.8 Å². The first-order valence-electron chi connectivity index (χ1n) is 7.33. The maximum atomic E-state index is 12.3. The molecule has 0 saturated carbocycles. The van der Waals surface area contributed by atoms with Gasteiger partial charge in [-0.2, -0.15) is 0 Å². The summed E-state index contributed by atoms with van der Waals surface area (Å²) >= 11 is 1.39. The summed E-state index contributed by atoms with van der Waals surface area (Å²) in [6.45, 7) is -0.180. The minimum atomic E-state index is -0.509. The number of thiophene rings is 1. The summed E-state index contributed by atoms with van der Waals surface area (Å²) in [7, 11) is 0. The highest BCUT2D eigenvalue weighted by atomic mass is 32.1. The van der Waals surface area contributed by atoms with Crippen molar-refractivity contribution >= 4 is 38.3 Å². The molecule has 0 bridgehead atoms. The maximum absolute atomic E-state index is 12.3. The van der Waals surface area contributed by atoms with E-state index >= 15 is 0 Å². The fraction of sp³-hybridized carbons (Fsp3) is 0.0556. The molecule has 0 fully saturated rings. The summed E-state index contributed by atoms with van der Waals surface area (Å²) in [6.07, 6.45) is 1.38. The van der Waals surface area contributed by atoms with Gasteiger partial charge in [-0.25, -0.2) is 9.78 Å². The zero-order valence-electron chi connectivity index (χ0n) is 12.5. The molecule has 118 valence electrons. The molecule has 24 heavy (non-hydrogen) atoms. The molecule has 0 N–H and O–H groups in total. The van der Waals surface area contributed by atoms with Crippen LogP contribution >= 0.6 is 11.3 Å². The van der Waals surface area contributed by atoms with Crippen LogP contribution in [-0.2, 0) is 11.3 Å². The highest BCUT2D eigenvalue weighted by molar-refractivity contribution is 7.16. The molecule has 2 aromatic heterocycles. The van der Waals surface area contributed by atoms with Gasteiger partial charge in [0, 0.05) is 5.39 Å². The number of esters is 1. The largest absolute Gasteiger partial charge is 0.425 e. The molecule has 6 heteroatoms. The third-order valence-electron chi connectivity index (χ3n) is 3.72. The molecular formula is C18H12N2O3S. The van der Waals surface area contributed by atoms with E-state index in [9.17, 15) is 9.59 Å². The van der Waals surface area contributed by atoms with Crippen LogP contribution in [0.1, 0.15) is 0 Å². The second kappa shape index (κ2) is 5.90. The lowest BCUT2D eigenvalue weighted by atomic mass is 10.1. The second-order valence-electron chi connectivity index (χ2n) is 5.27. The van der Waals surface area contributed by atoms with Gasteiger partial charge in [-0.3, -0.25) is 9.36 Å². The first-order valence-corrected chi connectivity index (χ1v) is 8.21. The van der Waals surface area contributed by atoms with E-state index in [-0.39, 0.29) is 12.1 Å². The van der Waals surface area contributed by atoms with Crippen molar-refractivity contribution in [3.8, 4) is 5.75 Å². The van der Waals surface area contributed by atoms with Gasteiger partial charge in [-0.1, -0.05) is 36.4 Å². The van der Waals surface area contributed by atoms with Crippen LogP contribution in [0.4, 0.5) is 0 Å². The molecular weight excluding hydrogens is 324 g/mol. The quantitative estimate of drug-likeness (QED) is 0.426. The molecule has 0 atom stereocenters. The second-order valence-corrected chi connectivity index (χ2v) is 6.16. The van der Waals surface area contributed by atoms with Crippen molar-refractivity contribution in [2.24, 2.45) is 0 Å². The Morgan fingerprint density at radius 2 is 1.92 bits per heavy atom. The predicted octanol–water partition coefficient (Wildman–Crippen LogP) is 3.22. The van der Waals surface area contributed by atoms with E-state index < -0.39 is 5.97 Å². The highest BCUT2D eigenvalue weighted by Gasteiger charge is 2.12. The standard InChI is InChI=1S/C18H12N2O3S/c21-16(10-20-11-19-17-14(18(20)22)8-9-24-17)23-15-7-3-5-12-4-1-2-6-13(12)15/h1-9,11H,10H2. The number of rotatable bonds is 3. The van der Waals surface area contributed by atoms with Crippen LogP contribution in [0.5, 0.6) is 5.75 Å². The Labute approximate surface area is 140 Å². The third kappa shape index (κ3) is 2.57. The van der Waals surface area contributed by atoms with Gasteiger partial charge in [0.25, 0.3) is 5.56 Å². The number of nitrogens with zero attached hydrogens (tertiary/aromatic N) is 2. The van der Waals surface area contributed by atoms with Gasteiger partial charge in [0.2, 0.25) is 0 Å². The van der Waals surface area contributed by atoms with Crippen molar-refractivity contribution in [3.63, 3.8) is 0 Å². The van der Waals surface area contributed by atoms with Crippen molar-refractivity contribution in [1.29, 1.82) is 0 Å². The minimum absolute atomic E-state index is 0.180. The Balaban J connectivity index is 1.62. The number of hydrogen-bond donors (Lipinski definition) is 0. The van der Waals surface area contributed by atoms with Crippen LogP contribution in [0.15, 0.2) is 65.0 Å². The van der Waals surface area contributed by atoms with E-state index in [1.54, 1.807) is 17.5 Å².